The summed E-state index contributed by atoms with van der Waals surface area (Å²) in [5.74, 6) is 0. The van der Waals surface area contributed by atoms with Crippen molar-refractivity contribution in [2.45, 2.75) is 18.7 Å². The molecule has 2 aliphatic heterocycles. The number of anilines is 1. The molecule has 1 atom stereocenters. The maximum atomic E-state index is 13.3. The number of hydrogen-bond donors (Lipinski definition) is 2. The largest absolute Gasteiger partial charge is 0.442 e. The van der Waals surface area contributed by atoms with E-state index in [0.717, 1.165) is 12.5 Å². The molecule has 3 rings (SSSR count). The van der Waals surface area contributed by atoms with Crippen molar-refractivity contribution in [1.82, 2.24) is 5.43 Å². The van der Waals surface area contributed by atoms with Gasteiger partial charge in [0.25, 0.3) is 0 Å². The molecule has 0 radical (unpaired) electrons. The summed E-state index contributed by atoms with van der Waals surface area (Å²) >= 11 is 0. The summed E-state index contributed by atoms with van der Waals surface area (Å²) in [5.41, 5.74) is 1.72. The summed E-state index contributed by atoms with van der Waals surface area (Å²) in [7, 11) is 0. The molecule has 1 saturated heterocycles. The van der Waals surface area contributed by atoms with Crippen molar-refractivity contribution in [3.8, 4) is 0 Å². The first-order chi connectivity index (χ1) is 10.9. The maximum Gasteiger partial charge on any atom is 0.428 e. The molecule has 2 N–H and O–H groups in total. The molecule has 23 heavy (non-hydrogen) atoms. The highest BCUT2D eigenvalue weighted by molar-refractivity contribution is 6.04. The van der Waals surface area contributed by atoms with Gasteiger partial charge in [0.05, 0.1) is 11.7 Å². The Morgan fingerprint density at radius 1 is 1.39 bits per heavy atom. The Hall–Kier alpha value is -2.29. The van der Waals surface area contributed by atoms with Crippen LogP contribution in [0.4, 0.5) is 23.7 Å². The molecule has 2 heterocycles. The zero-order valence-electron chi connectivity index (χ0n) is 11.9. The molecule has 0 aliphatic carbocycles. The van der Waals surface area contributed by atoms with Gasteiger partial charge in [-0.1, -0.05) is 6.07 Å². The molecule has 1 aromatic carbocycles. The first-order valence-electron chi connectivity index (χ1n) is 7.00. The minimum Gasteiger partial charge on any atom is -0.442 e. The van der Waals surface area contributed by atoms with Gasteiger partial charge in [-0.05, 0) is 18.6 Å². The Kier molecular flexibility index (Phi) is 4.12. The van der Waals surface area contributed by atoms with Gasteiger partial charge in [0.2, 0.25) is 0 Å². The van der Waals surface area contributed by atoms with Crippen LogP contribution in [0.25, 0.3) is 0 Å². The highest BCUT2D eigenvalue weighted by Gasteiger charge is 2.34. The van der Waals surface area contributed by atoms with Gasteiger partial charge >= 0.3 is 12.3 Å². The second-order valence-corrected chi connectivity index (χ2v) is 5.17. The molecule has 1 aromatic rings. The molecule has 1 amide bonds. The average molecular weight is 329 g/mol. The van der Waals surface area contributed by atoms with Crippen LogP contribution in [0, 0.1) is 0 Å². The lowest BCUT2D eigenvalue weighted by molar-refractivity contribution is -0.137. The Labute approximate surface area is 129 Å². The van der Waals surface area contributed by atoms with Crippen molar-refractivity contribution in [2.24, 2.45) is 5.10 Å². The third-order valence-electron chi connectivity index (χ3n) is 3.59. The topological polar surface area (TPSA) is 72.0 Å². The van der Waals surface area contributed by atoms with Gasteiger partial charge in [-0.2, -0.15) is 18.3 Å². The molecule has 0 spiro atoms. The number of carbonyl (C=O) groups excluding carboxylic acids is 1. The number of nitrogens with one attached hydrogen (secondary N) is 2. The van der Waals surface area contributed by atoms with Crippen molar-refractivity contribution >= 4 is 17.5 Å². The van der Waals surface area contributed by atoms with E-state index in [2.05, 4.69) is 15.8 Å². The zero-order valence-corrected chi connectivity index (χ0v) is 11.9. The first kappa shape index (κ1) is 15.6. The molecular weight excluding hydrogens is 315 g/mol. The summed E-state index contributed by atoms with van der Waals surface area (Å²) < 4.78 is 49.7. The van der Waals surface area contributed by atoms with Crippen LogP contribution in [0.15, 0.2) is 23.3 Å². The van der Waals surface area contributed by atoms with Crippen molar-refractivity contribution in [1.29, 1.82) is 0 Å². The van der Waals surface area contributed by atoms with Crippen molar-refractivity contribution in [3.63, 3.8) is 0 Å². The van der Waals surface area contributed by atoms with E-state index < -0.39 is 17.8 Å². The SMILES string of the molecule is O=C1NN=C(c2ccc(NC[C@@H]3CCO3)c(C(F)(F)F)c2)CO1. The second kappa shape index (κ2) is 6.07. The van der Waals surface area contributed by atoms with Crippen LogP contribution in [0.1, 0.15) is 17.5 Å². The summed E-state index contributed by atoms with van der Waals surface area (Å²) in [5, 5.41) is 6.49. The number of hydrazone groups is 1. The van der Waals surface area contributed by atoms with Gasteiger partial charge in [-0.3, -0.25) is 0 Å². The molecule has 0 bridgehead atoms. The maximum absolute atomic E-state index is 13.3. The lowest BCUT2D eigenvalue weighted by Crippen LogP contribution is -2.34. The monoisotopic (exact) mass is 329 g/mol. The Morgan fingerprint density at radius 3 is 2.74 bits per heavy atom. The molecule has 6 nitrogen and oxygen atoms in total. The van der Waals surface area contributed by atoms with E-state index in [4.69, 9.17) is 9.47 Å². The minimum absolute atomic E-state index is 0.0156. The van der Waals surface area contributed by atoms with Gasteiger partial charge < -0.3 is 14.8 Å². The lowest BCUT2D eigenvalue weighted by Gasteiger charge is -2.27. The third kappa shape index (κ3) is 3.55. The van der Waals surface area contributed by atoms with Gasteiger partial charge in [0.1, 0.15) is 12.3 Å². The predicted molar refractivity (Wildman–Crippen MR) is 75.3 cm³/mol. The lowest BCUT2D eigenvalue weighted by atomic mass is 10.0. The van der Waals surface area contributed by atoms with Gasteiger partial charge in [0.15, 0.2) is 0 Å². The van der Waals surface area contributed by atoms with E-state index in [1.165, 1.54) is 12.1 Å². The highest BCUT2D eigenvalue weighted by atomic mass is 19.4. The summed E-state index contributed by atoms with van der Waals surface area (Å²) in [4.78, 5) is 10.9. The van der Waals surface area contributed by atoms with E-state index >= 15 is 0 Å². The fourth-order valence-corrected chi connectivity index (χ4v) is 2.24. The van der Waals surface area contributed by atoms with Crippen LogP contribution >= 0.6 is 0 Å². The number of halogens is 3. The quantitative estimate of drug-likeness (QED) is 0.889. The van der Waals surface area contributed by atoms with E-state index in [1.54, 1.807) is 0 Å². The number of hydrogen-bond acceptors (Lipinski definition) is 5. The smallest absolute Gasteiger partial charge is 0.428 e. The first-order valence-corrected chi connectivity index (χ1v) is 7.00. The Morgan fingerprint density at radius 2 is 2.17 bits per heavy atom. The fraction of sp³-hybridized carbons (Fsp3) is 0.429. The Bertz CT molecular complexity index is 642. The second-order valence-electron chi connectivity index (χ2n) is 5.17. The van der Waals surface area contributed by atoms with Crippen LogP contribution in [-0.2, 0) is 15.7 Å². The van der Waals surface area contributed by atoms with Crippen LogP contribution in [0.5, 0.6) is 0 Å². The Balaban J connectivity index is 1.84. The molecule has 0 saturated carbocycles. The number of alkyl halides is 3. The third-order valence-corrected chi connectivity index (χ3v) is 3.59. The predicted octanol–water partition coefficient (Wildman–Crippen LogP) is 2.35. The van der Waals surface area contributed by atoms with Gasteiger partial charge in [-0.25, -0.2) is 10.2 Å². The van der Waals surface area contributed by atoms with Crippen LogP contribution < -0.4 is 10.7 Å². The molecule has 9 heteroatoms. The minimum atomic E-state index is -4.52. The molecule has 0 unspecified atom stereocenters. The zero-order chi connectivity index (χ0) is 16.4. The number of cyclic esters (lactones) is 1. The molecule has 1 fully saturated rings. The van der Waals surface area contributed by atoms with Gasteiger partial charge in [-0.15, -0.1) is 0 Å². The molecule has 0 aromatic heterocycles. The summed E-state index contributed by atoms with van der Waals surface area (Å²) in [6, 6.07) is 3.83. The average Bonchev–Trinajstić information content (AvgIpc) is 2.46. The number of amides is 1. The van der Waals surface area contributed by atoms with Crippen LogP contribution in [0.2, 0.25) is 0 Å². The number of nitrogens with zero attached hydrogens (tertiary/aromatic N) is 1. The van der Waals surface area contributed by atoms with Crippen LogP contribution in [0.3, 0.4) is 0 Å². The van der Waals surface area contributed by atoms with E-state index in [-0.39, 0.29) is 29.7 Å². The van der Waals surface area contributed by atoms with Gasteiger partial charge in [0, 0.05) is 24.4 Å². The van der Waals surface area contributed by atoms with Crippen molar-refractivity contribution in [2.75, 3.05) is 25.1 Å². The van der Waals surface area contributed by atoms with Crippen molar-refractivity contribution < 1.29 is 27.4 Å². The molecule has 124 valence electrons. The normalized spacial score (nSPS) is 20.9. The fourth-order valence-electron chi connectivity index (χ4n) is 2.24. The standard InChI is InChI=1S/C14H14F3N3O3/c15-14(16,17)10-5-8(12-7-23-13(21)20-19-12)1-2-11(10)18-6-9-3-4-22-9/h1-2,5,9,18H,3-4,6-7H2,(H,20,21)/t9-/m0/s1. The number of rotatable bonds is 4. The number of carbonyl (C=O) groups is 1. The number of benzene rings is 1. The van der Waals surface area contributed by atoms with Crippen molar-refractivity contribution in [3.05, 3.63) is 29.3 Å². The highest BCUT2D eigenvalue weighted by Crippen LogP contribution is 2.36. The summed E-state index contributed by atoms with van der Waals surface area (Å²) in [6.45, 7) is 0.789. The molecule has 2 aliphatic rings. The van der Waals surface area contributed by atoms with E-state index in [1.807, 2.05) is 0 Å². The van der Waals surface area contributed by atoms with E-state index in [0.29, 0.717) is 13.2 Å². The summed E-state index contributed by atoms with van der Waals surface area (Å²) in [6.07, 6.45) is -4.47. The van der Waals surface area contributed by atoms with Crippen LogP contribution in [-0.4, -0.2) is 37.7 Å². The number of ether oxygens (including phenoxy) is 2. The van der Waals surface area contributed by atoms with E-state index in [9.17, 15) is 18.0 Å². The molecular formula is C14H14F3N3O3.